The van der Waals surface area contributed by atoms with Crippen LogP contribution in [0.1, 0.15) is 17.3 Å². The fraction of sp³-hybridized carbons (Fsp3) is 0.417. The number of hydrogen-bond acceptors (Lipinski definition) is 5. The second-order valence-electron chi connectivity index (χ2n) is 4.53. The highest BCUT2D eigenvalue weighted by atomic mass is 32.2. The summed E-state index contributed by atoms with van der Waals surface area (Å²) in [6.07, 6.45) is -0.213. The van der Waals surface area contributed by atoms with E-state index >= 15 is 0 Å². The lowest BCUT2D eigenvalue weighted by Crippen LogP contribution is -2.44. The van der Waals surface area contributed by atoms with Crippen molar-refractivity contribution in [3.05, 3.63) is 23.8 Å². The predicted octanol–water partition coefficient (Wildman–Crippen LogP) is 0.500. The maximum Gasteiger partial charge on any atom is 0.339 e. The van der Waals surface area contributed by atoms with Crippen molar-refractivity contribution in [2.75, 3.05) is 19.7 Å². The van der Waals surface area contributed by atoms with Gasteiger partial charge in [0.15, 0.2) is 0 Å². The number of nitrogens with zero attached hydrogens (tertiary/aromatic N) is 1. The summed E-state index contributed by atoms with van der Waals surface area (Å²) >= 11 is 0. The van der Waals surface area contributed by atoms with Crippen LogP contribution < -0.4 is 0 Å². The molecule has 1 atom stereocenters. The molecule has 0 unspecified atom stereocenters. The molecule has 20 heavy (non-hydrogen) atoms. The van der Waals surface area contributed by atoms with E-state index in [1.165, 1.54) is 10.4 Å². The van der Waals surface area contributed by atoms with Gasteiger partial charge in [0.1, 0.15) is 11.3 Å². The number of benzene rings is 1. The van der Waals surface area contributed by atoms with Crippen LogP contribution in [0.25, 0.3) is 0 Å². The Balaban J connectivity index is 2.39. The molecule has 0 spiro atoms. The van der Waals surface area contributed by atoms with Gasteiger partial charge in [-0.05, 0) is 25.1 Å². The molecule has 0 radical (unpaired) electrons. The van der Waals surface area contributed by atoms with Gasteiger partial charge < -0.3 is 14.9 Å². The number of aromatic hydroxyl groups is 1. The van der Waals surface area contributed by atoms with Crippen molar-refractivity contribution in [2.24, 2.45) is 0 Å². The van der Waals surface area contributed by atoms with Gasteiger partial charge in [-0.1, -0.05) is 0 Å². The molecule has 110 valence electrons. The summed E-state index contributed by atoms with van der Waals surface area (Å²) < 4.78 is 31.4. The van der Waals surface area contributed by atoms with E-state index in [-0.39, 0.29) is 24.1 Å². The van der Waals surface area contributed by atoms with Gasteiger partial charge in [-0.15, -0.1) is 0 Å². The van der Waals surface area contributed by atoms with Gasteiger partial charge in [-0.3, -0.25) is 0 Å². The van der Waals surface area contributed by atoms with Crippen LogP contribution in [0.3, 0.4) is 0 Å². The molecular formula is C12H15NO6S. The quantitative estimate of drug-likeness (QED) is 0.842. The maximum atomic E-state index is 12.4. The summed E-state index contributed by atoms with van der Waals surface area (Å²) in [6, 6.07) is 3.23. The van der Waals surface area contributed by atoms with E-state index in [0.717, 1.165) is 12.1 Å². The lowest BCUT2D eigenvalue weighted by Gasteiger charge is -2.30. The van der Waals surface area contributed by atoms with E-state index in [1.807, 2.05) is 0 Å². The van der Waals surface area contributed by atoms with E-state index in [2.05, 4.69) is 0 Å². The van der Waals surface area contributed by atoms with E-state index < -0.39 is 27.3 Å². The number of morpholine rings is 1. The molecule has 1 aliphatic rings. The lowest BCUT2D eigenvalue weighted by atomic mass is 10.2. The highest BCUT2D eigenvalue weighted by Crippen LogP contribution is 2.24. The third-order valence-electron chi connectivity index (χ3n) is 3.04. The van der Waals surface area contributed by atoms with Crippen LogP contribution in [0, 0.1) is 0 Å². The molecule has 1 saturated heterocycles. The third-order valence-corrected chi connectivity index (χ3v) is 4.90. The molecule has 7 nitrogen and oxygen atoms in total. The van der Waals surface area contributed by atoms with Crippen molar-refractivity contribution < 1.29 is 28.2 Å². The highest BCUT2D eigenvalue weighted by Gasteiger charge is 2.30. The van der Waals surface area contributed by atoms with Crippen LogP contribution in [0.2, 0.25) is 0 Å². The van der Waals surface area contributed by atoms with Crippen molar-refractivity contribution in [3.63, 3.8) is 0 Å². The first-order valence-electron chi connectivity index (χ1n) is 6.00. The Morgan fingerprint density at radius 1 is 1.45 bits per heavy atom. The normalized spacial score (nSPS) is 20.8. The number of phenols is 1. The van der Waals surface area contributed by atoms with Crippen LogP contribution in [0.4, 0.5) is 0 Å². The monoisotopic (exact) mass is 301 g/mol. The predicted molar refractivity (Wildman–Crippen MR) is 69.2 cm³/mol. The molecule has 0 aromatic heterocycles. The first-order valence-corrected chi connectivity index (χ1v) is 7.44. The van der Waals surface area contributed by atoms with Gasteiger partial charge in [0.25, 0.3) is 0 Å². The number of carboxylic acid groups (broad SMARTS) is 1. The Labute approximate surface area is 116 Å². The molecule has 1 aromatic rings. The zero-order valence-electron chi connectivity index (χ0n) is 10.8. The van der Waals surface area contributed by atoms with E-state index in [1.54, 1.807) is 6.92 Å². The number of carboxylic acids is 1. The minimum Gasteiger partial charge on any atom is -0.507 e. The number of rotatable bonds is 3. The Kier molecular flexibility index (Phi) is 3.98. The van der Waals surface area contributed by atoms with Crippen molar-refractivity contribution in [1.82, 2.24) is 4.31 Å². The van der Waals surface area contributed by atoms with Gasteiger partial charge in [0.2, 0.25) is 10.0 Å². The smallest absolute Gasteiger partial charge is 0.339 e. The molecule has 2 N–H and O–H groups in total. The van der Waals surface area contributed by atoms with Crippen LogP contribution in [0.15, 0.2) is 23.1 Å². The molecule has 1 aromatic carbocycles. The average Bonchev–Trinajstić information content (AvgIpc) is 2.38. The Bertz CT molecular complexity index is 627. The number of sulfonamides is 1. The molecule has 0 amide bonds. The van der Waals surface area contributed by atoms with Gasteiger partial charge in [-0.2, -0.15) is 4.31 Å². The molecule has 8 heteroatoms. The molecule has 1 fully saturated rings. The lowest BCUT2D eigenvalue weighted by molar-refractivity contribution is 0.0102. The fourth-order valence-electron chi connectivity index (χ4n) is 2.00. The Hall–Kier alpha value is -1.64. The number of hydrogen-bond donors (Lipinski definition) is 2. The van der Waals surface area contributed by atoms with Gasteiger partial charge >= 0.3 is 5.97 Å². The van der Waals surface area contributed by atoms with Crippen LogP contribution in [0.5, 0.6) is 5.75 Å². The maximum absolute atomic E-state index is 12.4. The molecule has 2 rings (SSSR count). The summed E-state index contributed by atoms with van der Waals surface area (Å²) in [5.41, 5.74) is -0.438. The molecule has 1 aliphatic heterocycles. The van der Waals surface area contributed by atoms with Gasteiger partial charge in [0, 0.05) is 13.1 Å². The standard InChI is InChI=1S/C12H15NO6S/c1-8-7-13(4-5-19-8)20(17,18)9-2-3-11(14)10(6-9)12(15)16/h2-3,6,8,14H,4-5,7H2,1H3,(H,15,16)/t8-/m0/s1. The van der Waals surface area contributed by atoms with Crippen LogP contribution in [-0.2, 0) is 14.8 Å². The van der Waals surface area contributed by atoms with E-state index in [0.29, 0.717) is 6.61 Å². The van der Waals surface area contributed by atoms with Crippen LogP contribution >= 0.6 is 0 Å². The molecule has 0 saturated carbocycles. The van der Waals surface area contributed by atoms with Gasteiger partial charge in [0.05, 0.1) is 17.6 Å². The first-order chi connectivity index (χ1) is 9.32. The van der Waals surface area contributed by atoms with E-state index in [9.17, 15) is 18.3 Å². The van der Waals surface area contributed by atoms with Crippen molar-refractivity contribution >= 4 is 16.0 Å². The van der Waals surface area contributed by atoms with Gasteiger partial charge in [-0.25, -0.2) is 13.2 Å². The minimum absolute atomic E-state index is 0.151. The third kappa shape index (κ3) is 2.77. The van der Waals surface area contributed by atoms with Crippen molar-refractivity contribution in [3.8, 4) is 5.75 Å². The van der Waals surface area contributed by atoms with Crippen molar-refractivity contribution in [1.29, 1.82) is 0 Å². The zero-order valence-corrected chi connectivity index (χ0v) is 11.6. The summed E-state index contributed by atoms with van der Waals surface area (Å²) in [7, 11) is -3.79. The first kappa shape index (κ1) is 14.8. The minimum atomic E-state index is -3.79. The topological polar surface area (TPSA) is 104 Å². The molecule has 1 heterocycles. The molecule has 0 bridgehead atoms. The Morgan fingerprint density at radius 2 is 2.15 bits per heavy atom. The number of ether oxygens (including phenoxy) is 1. The zero-order chi connectivity index (χ0) is 14.9. The molecule has 0 aliphatic carbocycles. The number of aromatic carboxylic acids is 1. The van der Waals surface area contributed by atoms with Crippen molar-refractivity contribution in [2.45, 2.75) is 17.9 Å². The van der Waals surface area contributed by atoms with Crippen LogP contribution in [-0.4, -0.2) is 54.7 Å². The SMILES string of the molecule is C[C@H]1CN(S(=O)(=O)c2ccc(O)c(C(=O)O)c2)CCO1. The number of carbonyl (C=O) groups is 1. The summed E-state index contributed by atoms with van der Waals surface area (Å²) in [6.45, 7) is 2.49. The largest absolute Gasteiger partial charge is 0.507 e. The second kappa shape index (κ2) is 5.39. The fourth-order valence-corrected chi connectivity index (χ4v) is 3.53. The summed E-state index contributed by atoms with van der Waals surface area (Å²) in [5, 5.41) is 18.3. The summed E-state index contributed by atoms with van der Waals surface area (Å²) in [4.78, 5) is 10.8. The Morgan fingerprint density at radius 3 is 2.75 bits per heavy atom. The van der Waals surface area contributed by atoms with E-state index in [4.69, 9.17) is 9.84 Å². The second-order valence-corrected chi connectivity index (χ2v) is 6.47. The summed E-state index contributed by atoms with van der Waals surface area (Å²) in [5.74, 6) is -1.85. The molecular weight excluding hydrogens is 286 g/mol. The highest BCUT2D eigenvalue weighted by molar-refractivity contribution is 7.89. The average molecular weight is 301 g/mol.